The highest BCUT2D eigenvalue weighted by molar-refractivity contribution is 5.74. The third kappa shape index (κ3) is 4.13. The summed E-state index contributed by atoms with van der Waals surface area (Å²) in [7, 11) is 1.66. The van der Waals surface area contributed by atoms with Crippen molar-refractivity contribution < 1.29 is 14.3 Å². The first kappa shape index (κ1) is 16.6. The third-order valence-electron chi connectivity index (χ3n) is 4.16. The molecule has 0 unspecified atom stereocenters. The van der Waals surface area contributed by atoms with Crippen LogP contribution < -0.4 is 15.4 Å². The van der Waals surface area contributed by atoms with Crippen molar-refractivity contribution in [2.75, 3.05) is 26.9 Å². The fraction of sp³-hybridized carbons (Fsp3) is 0.588. The number of ether oxygens (including phenoxy) is 2. The molecule has 2 rings (SSSR count). The molecule has 5 nitrogen and oxygen atoms in total. The lowest BCUT2D eigenvalue weighted by Gasteiger charge is -2.38. The molecule has 0 atom stereocenters. The molecule has 1 aliphatic rings. The molecule has 1 aliphatic heterocycles. The second-order valence-electron chi connectivity index (χ2n) is 6.10. The number of amides is 2. The van der Waals surface area contributed by atoms with Crippen molar-refractivity contribution in [1.82, 2.24) is 10.6 Å². The van der Waals surface area contributed by atoms with Gasteiger partial charge in [0, 0.05) is 31.2 Å². The number of carbonyl (C=O) groups is 1. The SMILES string of the molecule is COc1ccc(C2(CNC(=O)NC(C)C)CCOCC2)cc1. The number of hydrogen-bond acceptors (Lipinski definition) is 3. The van der Waals surface area contributed by atoms with Gasteiger partial charge in [-0.2, -0.15) is 0 Å². The summed E-state index contributed by atoms with van der Waals surface area (Å²) in [5.74, 6) is 0.844. The van der Waals surface area contributed by atoms with Crippen molar-refractivity contribution in [2.45, 2.75) is 38.1 Å². The summed E-state index contributed by atoms with van der Waals surface area (Å²) in [6, 6.07) is 8.14. The maximum absolute atomic E-state index is 11.9. The first-order chi connectivity index (χ1) is 10.6. The molecule has 1 aromatic rings. The quantitative estimate of drug-likeness (QED) is 0.878. The highest BCUT2D eigenvalue weighted by atomic mass is 16.5. The van der Waals surface area contributed by atoms with Gasteiger partial charge in [-0.15, -0.1) is 0 Å². The number of carbonyl (C=O) groups excluding carboxylic acids is 1. The Morgan fingerprint density at radius 1 is 1.27 bits per heavy atom. The topological polar surface area (TPSA) is 59.6 Å². The second-order valence-corrected chi connectivity index (χ2v) is 6.10. The lowest BCUT2D eigenvalue weighted by atomic mass is 9.74. The molecule has 2 amide bonds. The maximum Gasteiger partial charge on any atom is 0.315 e. The van der Waals surface area contributed by atoms with E-state index in [-0.39, 0.29) is 17.5 Å². The predicted octanol–water partition coefficient (Wildman–Crippen LogP) is 2.45. The number of benzene rings is 1. The Morgan fingerprint density at radius 2 is 1.91 bits per heavy atom. The lowest BCUT2D eigenvalue weighted by Crippen LogP contribution is -2.48. The molecule has 5 heteroatoms. The van der Waals surface area contributed by atoms with Gasteiger partial charge in [0.05, 0.1) is 7.11 Å². The Labute approximate surface area is 132 Å². The minimum absolute atomic E-state index is 0.0706. The van der Waals surface area contributed by atoms with Gasteiger partial charge in [-0.3, -0.25) is 0 Å². The van der Waals surface area contributed by atoms with Crippen LogP contribution in [0.15, 0.2) is 24.3 Å². The van der Waals surface area contributed by atoms with Crippen molar-refractivity contribution in [3.63, 3.8) is 0 Å². The zero-order valence-corrected chi connectivity index (χ0v) is 13.6. The average molecular weight is 306 g/mol. The van der Waals surface area contributed by atoms with Crippen molar-refractivity contribution in [2.24, 2.45) is 0 Å². The summed E-state index contributed by atoms with van der Waals surface area (Å²) in [5, 5.41) is 5.88. The van der Waals surface area contributed by atoms with Gasteiger partial charge < -0.3 is 20.1 Å². The largest absolute Gasteiger partial charge is 0.497 e. The minimum atomic E-state index is -0.116. The first-order valence-electron chi connectivity index (χ1n) is 7.82. The Bertz CT molecular complexity index is 479. The van der Waals surface area contributed by atoms with E-state index in [1.807, 2.05) is 26.0 Å². The van der Waals surface area contributed by atoms with Crippen LogP contribution in [-0.2, 0) is 10.2 Å². The number of methoxy groups -OCH3 is 1. The van der Waals surface area contributed by atoms with Crippen molar-refractivity contribution in [1.29, 1.82) is 0 Å². The Kier molecular flexibility index (Phi) is 5.66. The highest BCUT2D eigenvalue weighted by Crippen LogP contribution is 2.35. The van der Waals surface area contributed by atoms with Gasteiger partial charge in [0.1, 0.15) is 5.75 Å². The van der Waals surface area contributed by atoms with Crippen LogP contribution in [0.3, 0.4) is 0 Å². The van der Waals surface area contributed by atoms with Crippen molar-refractivity contribution >= 4 is 6.03 Å². The molecule has 2 N–H and O–H groups in total. The fourth-order valence-electron chi connectivity index (χ4n) is 2.84. The summed E-state index contributed by atoms with van der Waals surface area (Å²) in [5.41, 5.74) is 1.15. The third-order valence-corrected chi connectivity index (χ3v) is 4.16. The molecule has 0 aliphatic carbocycles. The van der Waals surface area contributed by atoms with Gasteiger partial charge in [-0.05, 0) is 44.4 Å². The molecular weight excluding hydrogens is 280 g/mol. The molecule has 0 saturated carbocycles. The molecule has 1 fully saturated rings. The van der Waals surface area contributed by atoms with E-state index in [0.29, 0.717) is 6.54 Å². The van der Waals surface area contributed by atoms with Crippen molar-refractivity contribution in [3.05, 3.63) is 29.8 Å². The smallest absolute Gasteiger partial charge is 0.315 e. The van der Waals surface area contributed by atoms with Crippen LogP contribution in [0.2, 0.25) is 0 Å². The maximum atomic E-state index is 11.9. The minimum Gasteiger partial charge on any atom is -0.497 e. The molecular formula is C17H26N2O3. The molecule has 0 bridgehead atoms. The van der Waals surface area contributed by atoms with Crippen LogP contribution in [-0.4, -0.2) is 38.9 Å². The molecule has 1 saturated heterocycles. The van der Waals surface area contributed by atoms with Crippen LogP contribution in [0, 0.1) is 0 Å². The summed E-state index contributed by atoms with van der Waals surface area (Å²) in [6.07, 6.45) is 1.81. The summed E-state index contributed by atoms with van der Waals surface area (Å²) in [4.78, 5) is 11.9. The van der Waals surface area contributed by atoms with Crippen LogP contribution >= 0.6 is 0 Å². The fourth-order valence-corrected chi connectivity index (χ4v) is 2.84. The molecule has 122 valence electrons. The first-order valence-corrected chi connectivity index (χ1v) is 7.82. The van der Waals surface area contributed by atoms with E-state index < -0.39 is 0 Å². The monoisotopic (exact) mass is 306 g/mol. The van der Waals surface area contributed by atoms with E-state index in [4.69, 9.17) is 9.47 Å². The van der Waals surface area contributed by atoms with Gasteiger partial charge in [0.25, 0.3) is 0 Å². The zero-order valence-electron chi connectivity index (χ0n) is 13.6. The Hall–Kier alpha value is -1.75. The molecule has 0 aromatic heterocycles. The van der Waals surface area contributed by atoms with Gasteiger partial charge in [-0.1, -0.05) is 12.1 Å². The van der Waals surface area contributed by atoms with Crippen LogP contribution in [0.4, 0.5) is 4.79 Å². The van der Waals surface area contributed by atoms with E-state index in [1.165, 1.54) is 5.56 Å². The summed E-state index contributed by atoms with van der Waals surface area (Å²) in [6.45, 7) is 5.96. The predicted molar refractivity (Wildman–Crippen MR) is 86.4 cm³/mol. The second kappa shape index (κ2) is 7.49. The molecule has 0 spiro atoms. The van der Waals surface area contributed by atoms with Crippen LogP contribution in [0.1, 0.15) is 32.3 Å². The number of nitrogens with one attached hydrogen (secondary N) is 2. The average Bonchev–Trinajstić information content (AvgIpc) is 2.53. The number of rotatable bonds is 5. The highest BCUT2D eigenvalue weighted by Gasteiger charge is 2.34. The van der Waals surface area contributed by atoms with E-state index in [0.717, 1.165) is 31.8 Å². The van der Waals surface area contributed by atoms with E-state index in [9.17, 15) is 4.79 Å². The molecule has 1 heterocycles. The van der Waals surface area contributed by atoms with Crippen LogP contribution in [0.25, 0.3) is 0 Å². The van der Waals surface area contributed by atoms with Crippen LogP contribution in [0.5, 0.6) is 5.75 Å². The van der Waals surface area contributed by atoms with Gasteiger partial charge >= 0.3 is 6.03 Å². The van der Waals surface area contributed by atoms with Crippen molar-refractivity contribution in [3.8, 4) is 5.75 Å². The molecule has 0 radical (unpaired) electrons. The zero-order chi connectivity index (χ0) is 16.0. The number of urea groups is 1. The van der Waals surface area contributed by atoms with Gasteiger partial charge in [0.2, 0.25) is 0 Å². The van der Waals surface area contributed by atoms with Gasteiger partial charge in [-0.25, -0.2) is 4.79 Å². The van der Waals surface area contributed by atoms with E-state index in [1.54, 1.807) is 7.11 Å². The summed E-state index contributed by atoms with van der Waals surface area (Å²) >= 11 is 0. The summed E-state index contributed by atoms with van der Waals surface area (Å²) < 4.78 is 10.7. The van der Waals surface area contributed by atoms with E-state index in [2.05, 4.69) is 22.8 Å². The molecule has 1 aromatic carbocycles. The molecule has 22 heavy (non-hydrogen) atoms. The number of hydrogen-bond donors (Lipinski definition) is 2. The standard InChI is InChI=1S/C17H26N2O3/c1-13(2)19-16(20)18-12-17(8-10-22-11-9-17)14-4-6-15(21-3)7-5-14/h4-7,13H,8-12H2,1-3H3,(H2,18,19,20). The van der Waals surface area contributed by atoms with E-state index >= 15 is 0 Å². The normalized spacial score (nSPS) is 17.1. The Balaban J connectivity index is 2.11. The van der Waals surface area contributed by atoms with Gasteiger partial charge in [0.15, 0.2) is 0 Å². The lowest BCUT2D eigenvalue weighted by molar-refractivity contribution is 0.0506. The Morgan fingerprint density at radius 3 is 2.45 bits per heavy atom.